The van der Waals surface area contributed by atoms with Crippen molar-refractivity contribution in [3.8, 4) is 0 Å². The van der Waals surface area contributed by atoms with E-state index in [0.29, 0.717) is 31.9 Å². The molecule has 2 amide bonds. The Morgan fingerprint density at radius 1 is 1.29 bits per heavy atom. The third-order valence-corrected chi connectivity index (χ3v) is 4.81. The molecule has 0 aliphatic carbocycles. The largest absolute Gasteiger partial charge is 0.371 e. The molecule has 1 aromatic rings. The SMILES string of the molecule is Cc1cnc(C(=O)N2CCC3(COCC(=O)N(C(C)C)C3)C2)cn1. The van der Waals surface area contributed by atoms with Crippen LogP contribution in [0.3, 0.4) is 0 Å². The molecule has 0 radical (unpaired) electrons. The van der Waals surface area contributed by atoms with E-state index in [4.69, 9.17) is 4.74 Å². The van der Waals surface area contributed by atoms with E-state index in [2.05, 4.69) is 9.97 Å². The molecule has 130 valence electrons. The normalized spacial score (nSPS) is 24.8. The molecule has 2 aliphatic rings. The van der Waals surface area contributed by atoms with Crippen molar-refractivity contribution in [1.29, 1.82) is 0 Å². The monoisotopic (exact) mass is 332 g/mol. The highest BCUT2D eigenvalue weighted by Gasteiger charge is 2.44. The fraction of sp³-hybridized carbons (Fsp3) is 0.647. The highest BCUT2D eigenvalue weighted by Crippen LogP contribution is 2.34. The molecule has 0 aromatic carbocycles. The molecule has 2 aliphatic heterocycles. The van der Waals surface area contributed by atoms with Crippen LogP contribution in [0.15, 0.2) is 12.4 Å². The summed E-state index contributed by atoms with van der Waals surface area (Å²) in [6, 6.07) is 0.129. The van der Waals surface area contributed by atoms with E-state index in [1.54, 1.807) is 11.1 Å². The third kappa shape index (κ3) is 3.26. The first kappa shape index (κ1) is 16.8. The maximum Gasteiger partial charge on any atom is 0.274 e. The number of carbonyl (C=O) groups is 2. The van der Waals surface area contributed by atoms with Crippen molar-refractivity contribution >= 4 is 11.8 Å². The minimum Gasteiger partial charge on any atom is -0.371 e. The van der Waals surface area contributed by atoms with Crippen molar-refractivity contribution in [2.75, 3.05) is 32.8 Å². The molecule has 3 rings (SSSR count). The maximum absolute atomic E-state index is 12.7. The van der Waals surface area contributed by atoms with Gasteiger partial charge in [0, 0.05) is 37.3 Å². The first-order valence-corrected chi connectivity index (χ1v) is 8.35. The van der Waals surface area contributed by atoms with E-state index >= 15 is 0 Å². The van der Waals surface area contributed by atoms with Gasteiger partial charge in [-0.3, -0.25) is 14.6 Å². The molecule has 1 unspecified atom stereocenters. The summed E-state index contributed by atoms with van der Waals surface area (Å²) in [7, 11) is 0. The van der Waals surface area contributed by atoms with Gasteiger partial charge in [-0.25, -0.2) is 4.98 Å². The van der Waals surface area contributed by atoms with Crippen LogP contribution in [0.4, 0.5) is 0 Å². The van der Waals surface area contributed by atoms with Crippen molar-refractivity contribution in [2.45, 2.75) is 33.2 Å². The summed E-state index contributed by atoms with van der Waals surface area (Å²) in [5.41, 5.74) is 0.959. The molecule has 1 spiro atoms. The molecule has 2 saturated heterocycles. The summed E-state index contributed by atoms with van der Waals surface area (Å²) < 4.78 is 5.62. The van der Waals surface area contributed by atoms with Gasteiger partial charge in [0.25, 0.3) is 5.91 Å². The summed E-state index contributed by atoms with van der Waals surface area (Å²) >= 11 is 0. The van der Waals surface area contributed by atoms with Crippen LogP contribution in [0.25, 0.3) is 0 Å². The predicted molar refractivity (Wildman–Crippen MR) is 87.4 cm³/mol. The average molecular weight is 332 g/mol. The van der Waals surface area contributed by atoms with Crippen molar-refractivity contribution in [1.82, 2.24) is 19.8 Å². The Kier molecular flexibility index (Phi) is 4.54. The standard InChI is InChI=1S/C17H24N4O3/c1-12(2)21-10-17(11-24-8-15(21)22)4-5-20(9-17)16(23)14-7-18-13(3)6-19-14/h6-7,12H,4-5,8-11H2,1-3H3. The van der Waals surface area contributed by atoms with Crippen LogP contribution in [0.1, 0.15) is 36.5 Å². The van der Waals surface area contributed by atoms with Crippen LogP contribution in [-0.2, 0) is 9.53 Å². The second-order valence-electron chi connectivity index (χ2n) is 7.13. The minimum atomic E-state index is -0.190. The number of aryl methyl sites for hydroxylation is 1. The summed E-state index contributed by atoms with van der Waals surface area (Å²) in [5, 5.41) is 0. The lowest BCUT2D eigenvalue weighted by Gasteiger charge is -2.34. The zero-order valence-corrected chi connectivity index (χ0v) is 14.5. The van der Waals surface area contributed by atoms with Crippen LogP contribution < -0.4 is 0 Å². The van der Waals surface area contributed by atoms with Gasteiger partial charge >= 0.3 is 0 Å². The van der Waals surface area contributed by atoms with Crippen molar-refractivity contribution < 1.29 is 14.3 Å². The van der Waals surface area contributed by atoms with Crippen LogP contribution in [0.5, 0.6) is 0 Å². The van der Waals surface area contributed by atoms with E-state index in [0.717, 1.165) is 12.1 Å². The van der Waals surface area contributed by atoms with E-state index < -0.39 is 0 Å². The van der Waals surface area contributed by atoms with Crippen molar-refractivity contribution in [2.24, 2.45) is 5.41 Å². The number of ether oxygens (including phenoxy) is 1. The lowest BCUT2D eigenvalue weighted by atomic mass is 9.87. The Morgan fingerprint density at radius 3 is 2.75 bits per heavy atom. The van der Waals surface area contributed by atoms with Gasteiger partial charge in [0.1, 0.15) is 12.3 Å². The van der Waals surface area contributed by atoms with Crippen molar-refractivity contribution in [3.05, 3.63) is 23.8 Å². The Morgan fingerprint density at radius 2 is 2.08 bits per heavy atom. The molecule has 24 heavy (non-hydrogen) atoms. The van der Waals surface area contributed by atoms with Gasteiger partial charge in [-0.15, -0.1) is 0 Å². The summed E-state index contributed by atoms with van der Waals surface area (Å²) in [6.07, 6.45) is 3.96. The number of carbonyl (C=O) groups excluding carboxylic acids is 2. The molecular weight excluding hydrogens is 308 g/mol. The fourth-order valence-corrected chi connectivity index (χ4v) is 3.42. The summed E-state index contributed by atoms with van der Waals surface area (Å²) in [6.45, 7) is 8.35. The lowest BCUT2D eigenvalue weighted by molar-refractivity contribution is -0.135. The number of hydrogen-bond acceptors (Lipinski definition) is 5. The Labute approximate surface area is 142 Å². The summed E-state index contributed by atoms with van der Waals surface area (Å²) in [5.74, 6) is -0.0814. The topological polar surface area (TPSA) is 75.6 Å². The zero-order valence-electron chi connectivity index (χ0n) is 14.5. The van der Waals surface area contributed by atoms with Gasteiger partial charge in [0.15, 0.2) is 0 Å². The van der Waals surface area contributed by atoms with E-state index in [-0.39, 0.29) is 29.9 Å². The van der Waals surface area contributed by atoms with Gasteiger partial charge in [-0.1, -0.05) is 0 Å². The van der Waals surface area contributed by atoms with Crippen LogP contribution in [-0.4, -0.2) is 70.5 Å². The Hall–Kier alpha value is -2.02. The summed E-state index contributed by atoms with van der Waals surface area (Å²) in [4.78, 5) is 36.8. The maximum atomic E-state index is 12.7. The first-order valence-electron chi connectivity index (χ1n) is 8.35. The Balaban J connectivity index is 1.74. The van der Waals surface area contributed by atoms with Crippen LogP contribution in [0.2, 0.25) is 0 Å². The van der Waals surface area contributed by atoms with Gasteiger partial charge in [0.2, 0.25) is 5.91 Å². The van der Waals surface area contributed by atoms with Gasteiger partial charge in [-0.05, 0) is 27.2 Å². The third-order valence-electron chi connectivity index (χ3n) is 4.81. The molecule has 0 saturated carbocycles. The van der Waals surface area contributed by atoms with Crippen LogP contribution >= 0.6 is 0 Å². The quantitative estimate of drug-likeness (QED) is 0.804. The van der Waals surface area contributed by atoms with Gasteiger partial charge in [0.05, 0.1) is 18.5 Å². The number of aromatic nitrogens is 2. The smallest absolute Gasteiger partial charge is 0.274 e. The average Bonchev–Trinajstić information content (AvgIpc) is 2.88. The molecule has 7 nitrogen and oxygen atoms in total. The predicted octanol–water partition coefficient (Wildman–Crippen LogP) is 0.885. The molecule has 2 fully saturated rings. The molecular formula is C17H24N4O3. The van der Waals surface area contributed by atoms with E-state index in [1.165, 1.54) is 6.20 Å². The molecule has 1 atom stereocenters. The van der Waals surface area contributed by atoms with E-state index in [9.17, 15) is 9.59 Å². The zero-order chi connectivity index (χ0) is 17.3. The second-order valence-corrected chi connectivity index (χ2v) is 7.13. The number of hydrogen-bond donors (Lipinski definition) is 0. The molecule has 1 aromatic heterocycles. The molecule has 0 N–H and O–H groups in total. The number of amides is 2. The van der Waals surface area contributed by atoms with Crippen LogP contribution in [0, 0.1) is 12.3 Å². The molecule has 0 bridgehead atoms. The molecule has 7 heteroatoms. The van der Waals surface area contributed by atoms with E-state index in [1.807, 2.05) is 25.7 Å². The number of nitrogens with zero attached hydrogens (tertiary/aromatic N) is 4. The fourth-order valence-electron chi connectivity index (χ4n) is 3.42. The number of likely N-dealkylation sites (tertiary alicyclic amines) is 1. The van der Waals surface area contributed by atoms with Gasteiger partial charge < -0.3 is 14.5 Å². The van der Waals surface area contributed by atoms with Crippen molar-refractivity contribution in [3.63, 3.8) is 0 Å². The highest BCUT2D eigenvalue weighted by molar-refractivity contribution is 5.92. The second kappa shape index (κ2) is 6.47. The minimum absolute atomic E-state index is 0.0241. The number of rotatable bonds is 2. The van der Waals surface area contributed by atoms with Gasteiger partial charge in [-0.2, -0.15) is 0 Å². The lowest BCUT2D eigenvalue weighted by Crippen LogP contribution is -2.46. The first-order chi connectivity index (χ1) is 11.4. The highest BCUT2D eigenvalue weighted by atomic mass is 16.5. The molecule has 3 heterocycles. The Bertz CT molecular complexity index is 631.